The summed E-state index contributed by atoms with van der Waals surface area (Å²) in [6.07, 6.45) is 1.28. The summed E-state index contributed by atoms with van der Waals surface area (Å²) in [5.74, 6) is -0.199. The highest BCUT2D eigenvalue weighted by atomic mass is 79.9. The molecule has 0 unspecified atom stereocenters. The quantitative estimate of drug-likeness (QED) is 0.445. The van der Waals surface area contributed by atoms with Gasteiger partial charge in [-0.15, -0.1) is 0 Å². The maximum Gasteiger partial charge on any atom is 0.311 e. The van der Waals surface area contributed by atoms with Gasteiger partial charge in [-0.05, 0) is 25.1 Å². The summed E-state index contributed by atoms with van der Waals surface area (Å²) in [5, 5.41) is 14.6. The molecule has 0 aliphatic rings. The van der Waals surface area contributed by atoms with Gasteiger partial charge in [-0.2, -0.15) is 0 Å². The number of anilines is 2. The van der Waals surface area contributed by atoms with Crippen LogP contribution in [0.3, 0.4) is 0 Å². The van der Waals surface area contributed by atoms with Crippen LogP contribution in [0.15, 0.2) is 41.1 Å². The van der Waals surface area contributed by atoms with Gasteiger partial charge >= 0.3 is 5.69 Å². The first-order valence-corrected chi connectivity index (χ1v) is 8.68. The first-order valence-electron chi connectivity index (χ1n) is 7.88. The second-order valence-corrected chi connectivity index (χ2v) is 6.77. The molecule has 1 aromatic heterocycles. The van der Waals surface area contributed by atoms with Crippen molar-refractivity contribution in [3.8, 4) is 5.75 Å². The SMILES string of the molecule is C[C@H](N)COc1cc2ncnc(Nc3ccc(Br)cc3F)c2cc1[N+](=O)[O-]. The molecule has 0 saturated heterocycles. The minimum atomic E-state index is -0.563. The van der Waals surface area contributed by atoms with Crippen LogP contribution in [-0.2, 0) is 0 Å². The summed E-state index contributed by atoms with van der Waals surface area (Å²) >= 11 is 3.19. The minimum Gasteiger partial charge on any atom is -0.485 e. The minimum absolute atomic E-state index is 0.0595. The van der Waals surface area contributed by atoms with Crippen LogP contribution >= 0.6 is 15.9 Å². The molecule has 0 spiro atoms. The van der Waals surface area contributed by atoms with E-state index in [4.69, 9.17) is 10.5 Å². The fourth-order valence-corrected chi connectivity index (χ4v) is 2.70. The third-order valence-corrected chi connectivity index (χ3v) is 4.09. The topological polar surface area (TPSA) is 116 Å². The highest BCUT2D eigenvalue weighted by molar-refractivity contribution is 9.10. The zero-order valence-electron chi connectivity index (χ0n) is 14.1. The number of nitrogens with zero attached hydrogens (tertiary/aromatic N) is 3. The first-order chi connectivity index (χ1) is 12.8. The molecule has 0 bridgehead atoms. The Kier molecular flexibility index (Phi) is 5.47. The fourth-order valence-electron chi connectivity index (χ4n) is 2.37. The van der Waals surface area contributed by atoms with Crippen molar-refractivity contribution in [3.05, 3.63) is 57.1 Å². The molecule has 10 heteroatoms. The summed E-state index contributed by atoms with van der Waals surface area (Å²) in [6.45, 7) is 1.84. The third-order valence-electron chi connectivity index (χ3n) is 3.60. The Morgan fingerprint density at radius 1 is 1.37 bits per heavy atom. The Morgan fingerprint density at radius 3 is 2.81 bits per heavy atom. The lowest BCUT2D eigenvalue weighted by molar-refractivity contribution is -0.385. The van der Waals surface area contributed by atoms with Crippen LogP contribution in [-0.4, -0.2) is 27.5 Å². The van der Waals surface area contributed by atoms with Gasteiger partial charge in [-0.25, -0.2) is 14.4 Å². The van der Waals surface area contributed by atoms with Crippen molar-refractivity contribution in [2.45, 2.75) is 13.0 Å². The average molecular weight is 436 g/mol. The van der Waals surface area contributed by atoms with Gasteiger partial charge < -0.3 is 15.8 Å². The van der Waals surface area contributed by atoms with E-state index in [9.17, 15) is 14.5 Å². The van der Waals surface area contributed by atoms with Crippen LogP contribution in [0.5, 0.6) is 5.75 Å². The Hall–Kier alpha value is -2.85. The van der Waals surface area contributed by atoms with Crippen molar-refractivity contribution in [3.63, 3.8) is 0 Å². The second-order valence-electron chi connectivity index (χ2n) is 5.85. The van der Waals surface area contributed by atoms with Crippen LogP contribution in [0.4, 0.5) is 21.6 Å². The molecule has 2 aromatic carbocycles. The Balaban J connectivity index is 2.06. The number of nitro groups is 1. The molecule has 0 aliphatic heterocycles. The number of benzene rings is 2. The summed E-state index contributed by atoms with van der Waals surface area (Å²) in [5.41, 5.74) is 5.98. The van der Waals surface area contributed by atoms with Crippen molar-refractivity contribution < 1.29 is 14.1 Å². The number of hydrogen-bond acceptors (Lipinski definition) is 7. The number of nitrogens with one attached hydrogen (secondary N) is 1. The van der Waals surface area contributed by atoms with Gasteiger partial charge in [0.15, 0.2) is 5.75 Å². The number of nitro benzene ring substituents is 1. The highest BCUT2D eigenvalue weighted by Crippen LogP contribution is 2.35. The molecule has 3 aromatic rings. The summed E-state index contributed by atoms with van der Waals surface area (Å²) < 4.78 is 20.1. The van der Waals surface area contributed by atoms with Gasteiger partial charge in [0.05, 0.1) is 21.5 Å². The number of halogens is 2. The fraction of sp³-hybridized carbons (Fsp3) is 0.176. The zero-order chi connectivity index (χ0) is 19.6. The number of ether oxygens (including phenoxy) is 1. The van der Waals surface area contributed by atoms with Crippen molar-refractivity contribution in [2.75, 3.05) is 11.9 Å². The summed E-state index contributed by atoms with van der Waals surface area (Å²) in [4.78, 5) is 19.1. The molecule has 0 saturated carbocycles. The molecule has 140 valence electrons. The van der Waals surface area contributed by atoms with Crippen molar-refractivity contribution in [1.82, 2.24) is 9.97 Å². The molecule has 0 radical (unpaired) electrons. The monoisotopic (exact) mass is 435 g/mol. The van der Waals surface area contributed by atoms with Crippen LogP contribution in [0.1, 0.15) is 6.92 Å². The Bertz CT molecular complexity index is 1020. The maximum absolute atomic E-state index is 14.1. The average Bonchev–Trinajstić information content (AvgIpc) is 2.61. The van der Waals surface area contributed by atoms with E-state index in [2.05, 4.69) is 31.2 Å². The van der Waals surface area contributed by atoms with Crippen molar-refractivity contribution in [2.24, 2.45) is 5.73 Å². The summed E-state index contributed by atoms with van der Waals surface area (Å²) in [7, 11) is 0. The van der Waals surface area contributed by atoms with Gasteiger partial charge in [0.1, 0.15) is 24.6 Å². The van der Waals surface area contributed by atoms with E-state index < -0.39 is 10.7 Å². The molecule has 3 rings (SSSR count). The van der Waals surface area contributed by atoms with E-state index in [1.54, 1.807) is 13.0 Å². The van der Waals surface area contributed by atoms with E-state index in [0.29, 0.717) is 15.4 Å². The number of aromatic nitrogens is 2. The van der Waals surface area contributed by atoms with Gasteiger partial charge in [0.2, 0.25) is 0 Å². The smallest absolute Gasteiger partial charge is 0.311 e. The van der Waals surface area contributed by atoms with Gasteiger partial charge in [-0.1, -0.05) is 15.9 Å². The molecule has 1 atom stereocenters. The molecule has 0 amide bonds. The lowest BCUT2D eigenvalue weighted by Gasteiger charge is -2.12. The normalized spacial score (nSPS) is 12.0. The second kappa shape index (κ2) is 7.80. The molecular formula is C17H15BrFN5O3. The number of rotatable bonds is 6. The van der Waals surface area contributed by atoms with E-state index in [1.807, 2.05) is 0 Å². The van der Waals surface area contributed by atoms with Crippen molar-refractivity contribution >= 4 is 44.0 Å². The molecule has 8 nitrogen and oxygen atoms in total. The van der Waals surface area contributed by atoms with E-state index in [1.165, 1.54) is 30.6 Å². The van der Waals surface area contributed by atoms with Gasteiger partial charge in [-0.3, -0.25) is 10.1 Å². The van der Waals surface area contributed by atoms with E-state index >= 15 is 0 Å². The maximum atomic E-state index is 14.1. The lowest BCUT2D eigenvalue weighted by atomic mass is 10.2. The molecule has 27 heavy (non-hydrogen) atoms. The largest absolute Gasteiger partial charge is 0.485 e. The molecule has 1 heterocycles. The zero-order valence-corrected chi connectivity index (χ0v) is 15.7. The lowest BCUT2D eigenvalue weighted by Crippen LogP contribution is -2.23. The number of nitrogens with two attached hydrogens (primary N) is 1. The molecule has 0 fully saturated rings. The van der Waals surface area contributed by atoms with E-state index in [-0.39, 0.29) is 35.6 Å². The van der Waals surface area contributed by atoms with Crippen molar-refractivity contribution in [1.29, 1.82) is 0 Å². The molecule has 3 N–H and O–H groups in total. The highest BCUT2D eigenvalue weighted by Gasteiger charge is 2.20. The van der Waals surface area contributed by atoms with Gasteiger partial charge in [0, 0.05) is 22.6 Å². The first kappa shape index (κ1) is 18.9. The van der Waals surface area contributed by atoms with Gasteiger partial charge in [0.25, 0.3) is 0 Å². The standard InChI is InChI=1S/C17H15BrFN5O3/c1-9(20)7-27-16-6-14-11(5-15(16)24(25)26)17(22-8-21-14)23-13-3-2-10(18)4-12(13)19/h2-6,8-9H,7,20H2,1H3,(H,21,22,23)/t9-/m0/s1. The number of hydrogen-bond donors (Lipinski definition) is 2. The predicted octanol–water partition coefficient (Wildman–Crippen LogP) is 3.91. The van der Waals surface area contributed by atoms with Crippen LogP contribution in [0.25, 0.3) is 10.9 Å². The van der Waals surface area contributed by atoms with Crippen LogP contribution in [0.2, 0.25) is 0 Å². The third kappa shape index (κ3) is 4.29. The van der Waals surface area contributed by atoms with E-state index in [0.717, 1.165) is 0 Å². The summed E-state index contributed by atoms with van der Waals surface area (Å²) in [6, 6.07) is 6.95. The molecule has 0 aliphatic carbocycles. The van der Waals surface area contributed by atoms with Crippen LogP contribution in [0, 0.1) is 15.9 Å². The number of fused-ring (bicyclic) bond motifs is 1. The Labute approximate surface area is 161 Å². The van der Waals surface area contributed by atoms with Crippen LogP contribution < -0.4 is 15.8 Å². The Morgan fingerprint density at radius 2 is 2.15 bits per heavy atom. The molecular weight excluding hydrogens is 421 g/mol. The predicted molar refractivity (Wildman–Crippen MR) is 103 cm³/mol.